The van der Waals surface area contributed by atoms with Gasteiger partial charge in [0.25, 0.3) is 0 Å². The Labute approximate surface area is 129 Å². The summed E-state index contributed by atoms with van der Waals surface area (Å²) in [6, 6.07) is 3.65. The van der Waals surface area contributed by atoms with Crippen molar-refractivity contribution in [2.75, 3.05) is 7.05 Å². The van der Waals surface area contributed by atoms with Crippen LogP contribution in [0.25, 0.3) is 0 Å². The normalized spacial score (nSPS) is 13.5. The standard InChI is InChI=1S/C13H20N4O2S2/c1-4-10(12-6-5-7-20-12)17-21(18,19)13-9(2)15-16-11(13)8-14-3/h5-7,10,14,17H,4,8H2,1-3H3,(H,15,16). The van der Waals surface area contributed by atoms with Gasteiger partial charge < -0.3 is 5.32 Å². The molecule has 6 nitrogen and oxygen atoms in total. The molecule has 2 aromatic rings. The first-order valence-corrected chi connectivity index (χ1v) is 9.10. The average Bonchev–Trinajstić information content (AvgIpc) is 3.07. The summed E-state index contributed by atoms with van der Waals surface area (Å²) in [7, 11) is -1.86. The fraction of sp³-hybridized carbons (Fsp3) is 0.462. The average molecular weight is 328 g/mol. The first-order chi connectivity index (χ1) is 9.99. The maximum absolute atomic E-state index is 12.7. The number of sulfonamides is 1. The highest BCUT2D eigenvalue weighted by molar-refractivity contribution is 7.89. The Morgan fingerprint density at radius 2 is 2.24 bits per heavy atom. The number of aromatic amines is 1. The number of aryl methyl sites for hydroxylation is 1. The molecule has 2 rings (SSSR count). The van der Waals surface area contributed by atoms with Crippen LogP contribution >= 0.6 is 11.3 Å². The molecule has 0 aromatic carbocycles. The highest BCUT2D eigenvalue weighted by atomic mass is 32.2. The van der Waals surface area contributed by atoms with Crippen LogP contribution in [0, 0.1) is 6.92 Å². The predicted octanol–water partition coefficient (Wildman–Crippen LogP) is 1.93. The van der Waals surface area contributed by atoms with Crippen molar-refractivity contribution in [3.8, 4) is 0 Å². The lowest BCUT2D eigenvalue weighted by atomic mass is 10.2. The van der Waals surface area contributed by atoms with Crippen molar-refractivity contribution in [3.05, 3.63) is 33.8 Å². The summed E-state index contributed by atoms with van der Waals surface area (Å²) in [5.74, 6) is 0. The zero-order chi connectivity index (χ0) is 15.5. The lowest BCUT2D eigenvalue weighted by Gasteiger charge is -2.16. The van der Waals surface area contributed by atoms with Gasteiger partial charge >= 0.3 is 0 Å². The van der Waals surface area contributed by atoms with Crippen molar-refractivity contribution in [1.82, 2.24) is 20.2 Å². The molecule has 3 N–H and O–H groups in total. The second-order valence-electron chi connectivity index (χ2n) is 4.75. The van der Waals surface area contributed by atoms with E-state index in [0.29, 0.717) is 24.4 Å². The fourth-order valence-electron chi connectivity index (χ4n) is 2.19. The number of aromatic nitrogens is 2. The molecule has 0 saturated heterocycles. The molecule has 1 unspecified atom stereocenters. The molecule has 1 atom stereocenters. The van der Waals surface area contributed by atoms with Crippen molar-refractivity contribution in [3.63, 3.8) is 0 Å². The Morgan fingerprint density at radius 1 is 1.48 bits per heavy atom. The number of hydrogen-bond donors (Lipinski definition) is 3. The second-order valence-corrected chi connectivity index (χ2v) is 7.38. The SMILES string of the molecule is CCC(NS(=O)(=O)c1c(CNC)n[nH]c1C)c1cccs1. The number of nitrogens with one attached hydrogen (secondary N) is 3. The molecule has 2 aromatic heterocycles. The topological polar surface area (TPSA) is 86.9 Å². The highest BCUT2D eigenvalue weighted by Crippen LogP contribution is 2.25. The summed E-state index contributed by atoms with van der Waals surface area (Å²) in [5, 5.41) is 11.7. The largest absolute Gasteiger partial charge is 0.314 e. The molecule has 0 spiro atoms. The van der Waals surface area contributed by atoms with Gasteiger partial charge in [0.2, 0.25) is 10.0 Å². The fourth-order valence-corrected chi connectivity index (χ4v) is 4.79. The molecule has 0 bridgehead atoms. The van der Waals surface area contributed by atoms with E-state index in [0.717, 1.165) is 4.88 Å². The lowest BCUT2D eigenvalue weighted by molar-refractivity contribution is 0.551. The zero-order valence-corrected chi connectivity index (χ0v) is 13.9. The van der Waals surface area contributed by atoms with E-state index in [1.165, 1.54) is 0 Å². The Kier molecular flexibility index (Phi) is 5.15. The van der Waals surface area contributed by atoms with Crippen molar-refractivity contribution >= 4 is 21.4 Å². The second kappa shape index (κ2) is 6.69. The molecule has 0 aliphatic rings. The first kappa shape index (κ1) is 16.2. The van der Waals surface area contributed by atoms with Gasteiger partial charge in [-0.1, -0.05) is 13.0 Å². The Morgan fingerprint density at radius 3 is 2.81 bits per heavy atom. The molecule has 8 heteroatoms. The lowest BCUT2D eigenvalue weighted by Crippen LogP contribution is -2.29. The molecular formula is C13H20N4O2S2. The number of rotatable bonds is 7. The van der Waals surface area contributed by atoms with E-state index in [1.807, 2.05) is 24.4 Å². The van der Waals surface area contributed by atoms with Gasteiger partial charge in [-0.15, -0.1) is 11.3 Å². The third kappa shape index (κ3) is 3.52. The van der Waals surface area contributed by atoms with Gasteiger partial charge in [-0.25, -0.2) is 13.1 Å². The van der Waals surface area contributed by atoms with E-state index in [2.05, 4.69) is 20.2 Å². The molecular weight excluding hydrogens is 308 g/mol. The molecule has 0 amide bonds. The molecule has 0 radical (unpaired) electrons. The predicted molar refractivity (Wildman–Crippen MR) is 83.8 cm³/mol. The van der Waals surface area contributed by atoms with Crippen molar-refractivity contribution < 1.29 is 8.42 Å². The Bertz CT molecular complexity index is 677. The minimum atomic E-state index is -3.61. The number of nitrogens with zero attached hydrogens (tertiary/aromatic N) is 1. The molecule has 0 aliphatic carbocycles. The zero-order valence-electron chi connectivity index (χ0n) is 12.3. The van der Waals surface area contributed by atoms with E-state index in [-0.39, 0.29) is 10.9 Å². The van der Waals surface area contributed by atoms with E-state index < -0.39 is 10.0 Å². The van der Waals surface area contributed by atoms with Crippen LogP contribution in [0.5, 0.6) is 0 Å². The monoisotopic (exact) mass is 328 g/mol. The molecule has 0 aliphatic heterocycles. The van der Waals surface area contributed by atoms with E-state index in [4.69, 9.17) is 0 Å². The van der Waals surface area contributed by atoms with Crippen LogP contribution in [-0.4, -0.2) is 25.7 Å². The van der Waals surface area contributed by atoms with Crippen molar-refractivity contribution in [2.45, 2.75) is 37.8 Å². The van der Waals surface area contributed by atoms with Gasteiger partial charge in [0.15, 0.2) is 0 Å². The van der Waals surface area contributed by atoms with Crippen LogP contribution in [0.4, 0.5) is 0 Å². The van der Waals surface area contributed by atoms with Crippen molar-refractivity contribution in [2.24, 2.45) is 0 Å². The quantitative estimate of drug-likeness (QED) is 0.725. The van der Waals surface area contributed by atoms with Crippen LogP contribution < -0.4 is 10.0 Å². The Hall–Kier alpha value is -1.22. The van der Waals surface area contributed by atoms with Gasteiger partial charge in [0.05, 0.1) is 17.4 Å². The van der Waals surface area contributed by atoms with Gasteiger partial charge in [-0.2, -0.15) is 5.10 Å². The van der Waals surface area contributed by atoms with Crippen LogP contribution in [0.3, 0.4) is 0 Å². The van der Waals surface area contributed by atoms with Crippen molar-refractivity contribution in [1.29, 1.82) is 0 Å². The number of thiophene rings is 1. The van der Waals surface area contributed by atoms with Gasteiger partial charge in [0, 0.05) is 11.4 Å². The highest BCUT2D eigenvalue weighted by Gasteiger charge is 2.27. The maximum Gasteiger partial charge on any atom is 0.244 e. The summed E-state index contributed by atoms with van der Waals surface area (Å²) in [4.78, 5) is 1.25. The first-order valence-electron chi connectivity index (χ1n) is 6.73. The molecule has 21 heavy (non-hydrogen) atoms. The summed E-state index contributed by atoms with van der Waals surface area (Å²) in [6.45, 7) is 4.08. The van der Waals surface area contributed by atoms with Gasteiger partial charge in [-0.05, 0) is 31.8 Å². The van der Waals surface area contributed by atoms with Crippen LogP contribution in [-0.2, 0) is 16.6 Å². The third-order valence-electron chi connectivity index (χ3n) is 3.17. The van der Waals surface area contributed by atoms with Crippen LogP contribution in [0.2, 0.25) is 0 Å². The summed E-state index contributed by atoms with van der Waals surface area (Å²) < 4.78 is 28.1. The molecule has 116 valence electrons. The number of H-pyrrole nitrogens is 1. The summed E-state index contributed by atoms with van der Waals surface area (Å²) >= 11 is 1.55. The summed E-state index contributed by atoms with van der Waals surface area (Å²) in [6.07, 6.45) is 0.692. The van der Waals surface area contributed by atoms with E-state index in [9.17, 15) is 8.42 Å². The van der Waals surface area contributed by atoms with Gasteiger partial charge in [0.1, 0.15) is 4.90 Å². The van der Waals surface area contributed by atoms with Crippen LogP contribution in [0.15, 0.2) is 22.4 Å². The molecule has 2 heterocycles. The van der Waals surface area contributed by atoms with E-state index in [1.54, 1.807) is 25.3 Å². The summed E-state index contributed by atoms with van der Waals surface area (Å²) in [5.41, 5.74) is 1.05. The third-order valence-corrected chi connectivity index (χ3v) is 5.83. The minimum absolute atomic E-state index is 0.216. The van der Waals surface area contributed by atoms with E-state index >= 15 is 0 Å². The van der Waals surface area contributed by atoms with Gasteiger partial charge in [-0.3, -0.25) is 5.10 Å². The minimum Gasteiger partial charge on any atom is -0.314 e. The Balaban J connectivity index is 2.32. The molecule has 0 fully saturated rings. The van der Waals surface area contributed by atoms with Crippen LogP contribution in [0.1, 0.15) is 35.7 Å². The number of hydrogen-bond acceptors (Lipinski definition) is 5. The molecule has 0 saturated carbocycles. The maximum atomic E-state index is 12.7. The smallest absolute Gasteiger partial charge is 0.244 e.